The number of carboxylic acids is 1. The van der Waals surface area contributed by atoms with Crippen LogP contribution in [0.15, 0.2) is 30.3 Å². The number of carboxylic acid groups (broad SMARTS) is 1. The van der Waals surface area contributed by atoms with E-state index in [1.54, 1.807) is 0 Å². The molecule has 0 saturated carbocycles. The summed E-state index contributed by atoms with van der Waals surface area (Å²) in [5, 5.41) is 8.92. The maximum atomic E-state index is 10.8. The van der Waals surface area contributed by atoms with E-state index in [4.69, 9.17) is 5.11 Å². The molecular weight excluding hydrogens is 308 g/mol. The van der Waals surface area contributed by atoms with Gasteiger partial charge in [-0.1, -0.05) is 30.3 Å². The molecule has 1 atom stereocenters. The van der Waals surface area contributed by atoms with Crippen molar-refractivity contribution in [3.63, 3.8) is 0 Å². The Hall–Kier alpha value is -1.04. The second-order valence-electron chi connectivity index (χ2n) is 6.27. The maximum Gasteiger partial charge on any atom is 0.317 e. The molecule has 128 valence electrons. The van der Waals surface area contributed by atoms with Gasteiger partial charge in [-0.15, -0.1) is 0 Å². The highest BCUT2D eigenvalue weighted by Gasteiger charge is 2.21. The van der Waals surface area contributed by atoms with Crippen LogP contribution in [0, 0.1) is 0 Å². The molecule has 4 nitrogen and oxygen atoms in total. The van der Waals surface area contributed by atoms with Crippen molar-refractivity contribution in [1.82, 2.24) is 9.80 Å². The normalized spacial score (nSPS) is 19.7. The topological polar surface area (TPSA) is 43.8 Å². The van der Waals surface area contributed by atoms with Crippen molar-refractivity contribution < 1.29 is 9.90 Å². The quantitative estimate of drug-likeness (QED) is 0.740. The smallest absolute Gasteiger partial charge is 0.317 e. The number of hydrogen-bond acceptors (Lipinski definition) is 4. The van der Waals surface area contributed by atoms with Gasteiger partial charge in [0, 0.05) is 24.1 Å². The van der Waals surface area contributed by atoms with Gasteiger partial charge in [-0.3, -0.25) is 9.69 Å². The van der Waals surface area contributed by atoms with E-state index >= 15 is 0 Å². The van der Waals surface area contributed by atoms with Crippen LogP contribution in [0.3, 0.4) is 0 Å². The average molecular weight is 337 g/mol. The monoisotopic (exact) mass is 336 g/mol. The van der Waals surface area contributed by atoms with E-state index in [-0.39, 0.29) is 6.54 Å². The zero-order valence-electron chi connectivity index (χ0n) is 14.0. The third kappa shape index (κ3) is 6.94. The highest BCUT2D eigenvalue weighted by molar-refractivity contribution is 7.98. The third-order valence-electron chi connectivity index (χ3n) is 4.46. The van der Waals surface area contributed by atoms with Crippen molar-refractivity contribution >= 4 is 17.7 Å². The number of benzene rings is 1. The van der Waals surface area contributed by atoms with Gasteiger partial charge < -0.3 is 10.0 Å². The molecule has 1 aliphatic heterocycles. The van der Waals surface area contributed by atoms with Crippen LogP contribution in [0.25, 0.3) is 0 Å². The van der Waals surface area contributed by atoms with Crippen molar-refractivity contribution in [2.75, 3.05) is 39.0 Å². The van der Waals surface area contributed by atoms with E-state index in [1.165, 1.54) is 5.56 Å². The fraction of sp³-hybridized carbons (Fsp3) is 0.611. The lowest BCUT2D eigenvalue weighted by Gasteiger charge is -2.25. The number of nitrogens with zero attached hydrogens (tertiary/aromatic N) is 2. The summed E-state index contributed by atoms with van der Waals surface area (Å²) in [4.78, 5) is 15.4. The number of rotatable bonds is 8. The van der Waals surface area contributed by atoms with Gasteiger partial charge in [0.15, 0.2) is 0 Å². The molecular formula is C18H28N2O2S. The Morgan fingerprint density at radius 2 is 2.09 bits per heavy atom. The summed E-state index contributed by atoms with van der Waals surface area (Å²) in [5.41, 5.74) is 1.39. The fourth-order valence-electron chi connectivity index (χ4n) is 3.10. The molecule has 1 N–H and O–H groups in total. The summed E-state index contributed by atoms with van der Waals surface area (Å²) in [5.74, 6) is 1.51. The lowest BCUT2D eigenvalue weighted by molar-refractivity contribution is -0.138. The van der Waals surface area contributed by atoms with Crippen LogP contribution in [0.1, 0.15) is 24.8 Å². The van der Waals surface area contributed by atoms with Crippen LogP contribution in [-0.2, 0) is 10.5 Å². The molecule has 1 fully saturated rings. The summed E-state index contributed by atoms with van der Waals surface area (Å²) in [6.45, 7) is 3.51. The first-order valence-corrected chi connectivity index (χ1v) is 9.56. The lowest BCUT2D eigenvalue weighted by atomic mass is 10.1. The molecule has 0 aromatic heterocycles. The number of thioether (sulfide) groups is 1. The number of likely N-dealkylation sites (tertiary alicyclic amines) is 1. The summed E-state index contributed by atoms with van der Waals surface area (Å²) in [7, 11) is 1.93. The number of hydrogen-bond donors (Lipinski definition) is 1. The number of carbonyl (C=O) groups is 1. The van der Waals surface area contributed by atoms with Crippen LogP contribution >= 0.6 is 11.8 Å². The van der Waals surface area contributed by atoms with Crippen LogP contribution in [0.2, 0.25) is 0 Å². The Balaban J connectivity index is 1.64. The molecule has 0 bridgehead atoms. The Morgan fingerprint density at radius 3 is 2.83 bits per heavy atom. The van der Waals surface area contributed by atoms with Crippen LogP contribution in [0.5, 0.6) is 0 Å². The van der Waals surface area contributed by atoms with Crippen LogP contribution in [-0.4, -0.2) is 65.9 Å². The summed E-state index contributed by atoms with van der Waals surface area (Å²) in [6, 6.07) is 11.0. The van der Waals surface area contributed by atoms with Crippen LogP contribution < -0.4 is 0 Å². The molecule has 1 aliphatic rings. The molecule has 1 aromatic rings. The zero-order chi connectivity index (χ0) is 16.5. The van der Waals surface area contributed by atoms with Gasteiger partial charge in [-0.2, -0.15) is 11.8 Å². The summed E-state index contributed by atoms with van der Waals surface area (Å²) < 4.78 is 0. The SMILES string of the molecule is CN(CC(=O)O)C1CCCN(CCSCc2ccccc2)CC1. The predicted molar refractivity (Wildman–Crippen MR) is 96.9 cm³/mol. The van der Waals surface area contributed by atoms with E-state index in [2.05, 4.69) is 35.2 Å². The summed E-state index contributed by atoms with van der Waals surface area (Å²) in [6.07, 6.45) is 3.35. The lowest BCUT2D eigenvalue weighted by Crippen LogP contribution is -2.36. The maximum absolute atomic E-state index is 10.8. The predicted octanol–water partition coefficient (Wildman–Crippen LogP) is 2.79. The first-order chi connectivity index (χ1) is 11.1. The van der Waals surface area contributed by atoms with Gasteiger partial charge in [0.2, 0.25) is 0 Å². The third-order valence-corrected chi connectivity index (χ3v) is 5.47. The molecule has 1 heterocycles. The molecule has 1 unspecified atom stereocenters. The van der Waals surface area contributed by atoms with E-state index in [0.717, 1.165) is 50.4 Å². The zero-order valence-corrected chi connectivity index (χ0v) is 14.8. The standard InChI is InChI=1S/C18H28N2O2S/c1-19(14-18(21)22)17-8-5-10-20(11-9-17)12-13-23-15-16-6-3-2-4-7-16/h2-4,6-7,17H,5,8-15H2,1H3,(H,21,22). The van der Waals surface area contributed by atoms with E-state index in [1.807, 2.05) is 23.7 Å². The molecule has 23 heavy (non-hydrogen) atoms. The Bertz CT molecular complexity index is 469. The Kier molecular flexibility index (Phi) is 7.92. The largest absolute Gasteiger partial charge is 0.480 e. The molecule has 5 heteroatoms. The molecule has 0 radical (unpaired) electrons. The second kappa shape index (κ2) is 9.96. The van der Waals surface area contributed by atoms with E-state index in [0.29, 0.717) is 6.04 Å². The van der Waals surface area contributed by atoms with Crippen LogP contribution in [0.4, 0.5) is 0 Å². The van der Waals surface area contributed by atoms with Gasteiger partial charge in [-0.25, -0.2) is 0 Å². The van der Waals surface area contributed by atoms with Crippen molar-refractivity contribution in [1.29, 1.82) is 0 Å². The van der Waals surface area contributed by atoms with Gasteiger partial charge >= 0.3 is 5.97 Å². The van der Waals surface area contributed by atoms with Gasteiger partial charge in [0.05, 0.1) is 6.54 Å². The Morgan fingerprint density at radius 1 is 1.30 bits per heavy atom. The molecule has 0 aliphatic carbocycles. The average Bonchev–Trinajstić information content (AvgIpc) is 2.78. The van der Waals surface area contributed by atoms with Crippen molar-refractivity contribution in [2.24, 2.45) is 0 Å². The number of likely N-dealkylation sites (N-methyl/N-ethyl adjacent to an activating group) is 1. The van der Waals surface area contributed by atoms with E-state index < -0.39 is 5.97 Å². The first kappa shape index (κ1) is 18.3. The van der Waals surface area contributed by atoms with Gasteiger partial charge in [0.25, 0.3) is 0 Å². The molecule has 0 spiro atoms. The van der Waals surface area contributed by atoms with E-state index in [9.17, 15) is 4.79 Å². The highest BCUT2D eigenvalue weighted by Crippen LogP contribution is 2.17. The van der Waals surface area contributed by atoms with Crippen molar-refractivity contribution in [2.45, 2.75) is 31.1 Å². The van der Waals surface area contributed by atoms with Gasteiger partial charge in [0.1, 0.15) is 0 Å². The summed E-state index contributed by atoms with van der Waals surface area (Å²) >= 11 is 1.99. The molecule has 2 rings (SSSR count). The first-order valence-electron chi connectivity index (χ1n) is 8.41. The minimum atomic E-state index is -0.731. The fourth-order valence-corrected chi connectivity index (χ4v) is 4.06. The van der Waals surface area contributed by atoms with Crippen molar-refractivity contribution in [3.05, 3.63) is 35.9 Å². The van der Waals surface area contributed by atoms with Crippen molar-refractivity contribution in [3.8, 4) is 0 Å². The minimum Gasteiger partial charge on any atom is -0.480 e. The Labute approximate surface area is 143 Å². The molecule has 0 amide bonds. The highest BCUT2D eigenvalue weighted by atomic mass is 32.2. The second-order valence-corrected chi connectivity index (χ2v) is 7.38. The minimum absolute atomic E-state index is 0.150. The number of aliphatic carboxylic acids is 1. The molecule has 1 saturated heterocycles. The molecule has 1 aromatic carbocycles. The van der Waals surface area contributed by atoms with Gasteiger partial charge in [-0.05, 0) is 45.0 Å².